The molecule has 1 aliphatic rings. The smallest absolute Gasteiger partial charge is 0.230 e. The summed E-state index contributed by atoms with van der Waals surface area (Å²) in [6.07, 6.45) is 3.83. The number of hydrogen-bond acceptors (Lipinski definition) is 4. The number of nitrogens with zero attached hydrogens (tertiary/aromatic N) is 4. The molecule has 1 heterocycles. The van der Waals surface area contributed by atoms with E-state index in [0.717, 1.165) is 43.1 Å². The predicted molar refractivity (Wildman–Crippen MR) is 116 cm³/mol. The molecule has 7 heteroatoms. The SMILES string of the molecule is C/C=C(/F)CCN(C(=O)CCN(C)C/C(C)=C(\Cl)CC)C1=NCCN1CCC. The molecule has 1 amide bonds. The van der Waals surface area contributed by atoms with E-state index in [1.807, 2.05) is 20.9 Å². The Morgan fingerprint density at radius 3 is 2.64 bits per heavy atom. The molecule has 0 radical (unpaired) electrons. The van der Waals surface area contributed by atoms with E-state index in [4.69, 9.17) is 11.6 Å². The van der Waals surface area contributed by atoms with Crippen LogP contribution in [0, 0.1) is 0 Å². The number of amides is 1. The zero-order valence-corrected chi connectivity index (χ0v) is 18.9. The number of carbonyl (C=O) groups excluding carboxylic acids is 1. The van der Waals surface area contributed by atoms with Gasteiger partial charge in [0.25, 0.3) is 0 Å². The Bertz CT molecular complexity index is 603. The lowest BCUT2D eigenvalue weighted by Crippen LogP contribution is -2.46. The van der Waals surface area contributed by atoms with Crippen molar-refractivity contribution in [2.75, 3.05) is 46.3 Å². The molecule has 0 saturated carbocycles. The molecule has 0 aromatic rings. The van der Waals surface area contributed by atoms with Crippen LogP contribution in [-0.4, -0.2) is 72.9 Å². The maximum absolute atomic E-state index is 13.7. The monoisotopic (exact) mass is 414 g/mol. The van der Waals surface area contributed by atoms with Gasteiger partial charge in [-0.1, -0.05) is 31.5 Å². The van der Waals surface area contributed by atoms with E-state index in [2.05, 4.69) is 21.7 Å². The third kappa shape index (κ3) is 7.92. The fraction of sp³-hybridized carbons (Fsp3) is 0.714. The first-order valence-electron chi connectivity index (χ1n) is 10.3. The lowest BCUT2D eigenvalue weighted by molar-refractivity contribution is -0.128. The fourth-order valence-electron chi connectivity index (χ4n) is 3.20. The average molecular weight is 415 g/mol. The number of carbonyl (C=O) groups is 1. The van der Waals surface area contributed by atoms with Crippen LogP contribution in [0.2, 0.25) is 0 Å². The number of rotatable bonds is 11. The molecule has 0 aromatic heterocycles. The van der Waals surface area contributed by atoms with Crippen molar-refractivity contribution in [3.05, 3.63) is 22.5 Å². The largest absolute Gasteiger partial charge is 0.341 e. The highest BCUT2D eigenvalue weighted by molar-refractivity contribution is 6.29. The molecule has 0 aromatic carbocycles. The van der Waals surface area contributed by atoms with Crippen LogP contribution in [-0.2, 0) is 4.79 Å². The first-order chi connectivity index (χ1) is 13.3. The molecular formula is C21H36ClFN4O. The summed E-state index contributed by atoms with van der Waals surface area (Å²) >= 11 is 6.21. The maximum atomic E-state index is 13.7. The lowest BCUT2D eigenvalue weighted by atomic mass is 10.2. The minimum Gasteiger partial charge on any atom is -0.341 e. The summed E-state index contributed by atoms with van der Waals surface area (Å²) < 4.78 is 13.7. The first-order valence-corrected chi connectivity index (χ1v) is 10.6. The Hall–Kier alpha value is -1.40. The number of likely N-dealkylation sites (N-methyl/N-ethyl adjacent to an activating group) is 1. The van der Waals surface area contributed by atoms with Gasteiger partial charge in [-0.05, 0) is 39.3 Å². The average Bonchev–Trinajstić information content (AvgIpc) is 3.13. The van der Waals surface area contributed by atoms with Gasteiger partial charge in [0.2, 0.25) is 11.9 Å². The second-order valence-corrected chi connectivity index (χ2v) is 7.68. The highest BCUT2D eigenvalue weighted by atomic mass is 35.5. The van der Waals surface area contributed by atoms with Gasteiger partial charge in [-0.3, -0.25) is 14.7 Å². The van der Waals surface area contributed by atoms with Crippen LogP contribution >= 0.6 is 11.6 Å². The molecule has 0 bridgehead atoms. The Balaban J connectivity index is 2.76. The normalized spacial score (nSPS) is 15.8. The minimum atomic E-state index is -0.203. The van der Waals surface area contributed by atoms with Crippen molar-refractivity contribution in [3.63, 3.8) is 0 Å². The summed E-state index contributed by atoms with van der Waals surface area (Å²) in [6.45, 7) is 11.9. The van der Waals surface area contributed by atoms with E-state index in [1.54, 1.807) is 11.8 Å². The summed E-state index contributed by atoms with van der Waals surface area (Å²) in [6, 6.07) is 0. The second-order valence-electron chi connectivity index (χ2n) is 7.23. The molecule has 0 atom stereocenters. The van der Waals surface area contributed by atoms with Gasteiger partial charge >= 0.3 is 0 Å². The van der Waals surface area contributed by atoms with Crippen LogP contribution in [0.1, 0.15) is 53.4 Å². The predicted octanol–water partition coefficient (Wildman–Crippen LogP) is 4.40. The minimum absolute atomic E-state index is 0.0132. The molecule has 28 heavy (non-hydrogen) atoms. The van der Waals surface area contributed by atoms with Crippen molar-refractivity contribution >= 4 is 23.5 Å². The summed E-state index contributed by atoms with van der Waals surface area (Å²) in [5.74, 6) is 0.481. The molecule has 0 saturated heterocycles. The van der Waals surface area contributed by atoms with Crippen molar-refractivity contribution in [1.82, 2.24) is 14.7 Å². The molecule has 0 fully saturated rings. The zero-order chi connectivity index (χ0) is 21.1. The summed E-state index contributed by atoms with van der Waals surface area (Å²) in [7, 11) is 1.98. The number of hydrogen-bond donors (Lipinski definition) is 0. The third-order valence-electron chi connectivity index (χ3n) is 4.82. The highest BCUT2D eigenvalue weighted by Gasteiger charge is 2.27. The third-order valence-corrected chi connectivity index (χ3v) is 5.41. The number of guanidine groups is 1. The summed E-state index contributed by atoms with van der Waals surface area (Å²) in [4.78, 5) is 23.4. The number of aliphatic imine (C=N–C) groups is 1. The molecule has 0 aliphatic carbocycles. The Morgan fingerprint density at radius 1 is 1.32 bits per heavy atom. The van der Waals surface area contributed by atoms with Crippen molar-refractivity contribution < 1.29 is 9.18 Å². The van der Waals surface area contributed by atoms with Crippen LogP contribution < -0.4 is 0 Å². The van der Waals surface area contributed by atoms with Gasteiger partial charge in [0, 0.05) is 50.6 Å². The molecule has 5 nitrogen and oxygen atoms in total. The molecule has 1 aliphatic heterocycles. The number of halogens is 2. The van der Waals surface area contributed by atoms with Gasteiger partial charge in [-0.2, -0.15) is 0 Å². The fourth-order valence-corrected chi connectivity index (χ4v) is 3.26. The molecule has 0 spiro atoms. The van der Waals surface area contributed by atoms with Crippen LogP contribution in [0.15, 0.2) is 27.5 Å². The van der Waals surface area contributed by atoms with Crippen LogP contribution in [0.5, 0.6) is 0 Å². The van der Waals surface area contributed by atoms with Crippen molar-refractivity contribution in [3.8, 4) is 0 Å². The quantitative estimate of drug-likeness (QED) is 0.502. The van der Waals surface area contributed by atoms with E-state index < -0.39 is 0 Å². The molecular weight excluding hydrogens is 379 g/mol. The van der Waals surface area contributed by atoms with E-state index >= 15 is 0 Å². The summed E-state index contributed by atoms with van der Waals surface area (Å²) in [5, 5.41) is 0.872. The van der Waals surface area contributed by atoms with Crippen LogP contribution in [0.3, 0.4) is 0 Å². The van der Waals surface area contributed by atoms with Gasteiger partial charge in [0.1, 0.15) is 0 Å². The summed E-state index contributed by atoms with van der Waals surface area (Å²) in [5.41, 5.74) is 1.13. The molecule has 160 valence electrons. The van der Waals surface area contributed by atoms with Crippen molar-refractivity contribution in [1.29, 1.82) is 0 Å². The molecule has 0 N–H and O–H groups in total. The van der Waals surface area contributed by atoms with Gasteiger partial charge in [-0.25, -0.2) is 4.39 Å². The standard InChI is InChI=1S/C21H36ClFN4O/c1-6-12-26-15-11-24-21(26)27(14-9-18(23)7-2)20(28)10-13-25(5)16-17(4)19(22)8-3/h7H,6,8-16H2,1-5H3/b18-7+,19-17-. The highest BCUT2D eigenvalue weighted by Crippen LogP contribution is 2.15. The van der Waals surface area contributed by atoms with Crippen LogP contribution in [0.4, 0.5) is 4.39 Å². The zero-order valence-electron chi connectivity index (χ0n) is 18.1. The van der Waals surface area contributed by atoms with Crippen molar-refractivity contribution in [2.45, 2.75) is 53.4 Å². The lowest BCUT2D eigenvalue weighted by Gasteiger charge is -2.30. The van der Waals surface area contributed by atoms with E-state index in [9.17, 15) is 9.18 Å². The van der Waals surface area contributed by atoms with Gasteiger partial charge < -0.3 is 9.80 Å². The topological polar surface area (TPSA) is 39.2 Å². The Labute approximate surface area is 174 Å². The first kappa shape index (κ1) is 24.6. The van der Waals surface area contributed by atoms with E-state index in [1.165, 1.54) is 6.08 Å². The Kier molecular flexibility index (Phi) is 11.4. The van der Waals surface area contributed by atoms with E-state index in [0.29, 0.717) is 32.0 Å². The van der Waals surface area contributed by atoms with Gasteiger partial charge in [0.05, 0.1) is 12.4 Å². The van der Waals surface area contributed by atoms with E-state index in [-0.39, 0.29) is 18.2 Å². The van der Waals surface area contributed by atoms with Gasteiger partial charge in [0.15, 0.2) is 0 Å². The van der Waals surface area contributed by atoms with Crippen molar-refractivity contribution in [2.24, 2.45) is 4.99 Å². The second kappa shape index (κ2) is 12.9. The molecule has 1 rings (SSSR count). The molecule has 0 unspecified atom stereocenters. The van der Waals surface area contributed by atoms with Crippen LogP contribution in [0.25, 0.3) is 0 Å². The Morgan fingerprint density at radius 2 is 2.04 bits per heavy atom. The maximum Gasteiger partial charge on any atom is 0.230 e. The van der Waals surface area contributed by atoms with Gasteiger partial charge in [-0.15, -0.1) is 0 Å². The number of allylic oxidation sites excluding steroid dienone is 2.